The molecule has 0 saturated heterocycles. The Morgan fingerprint density at radius 1 is 1.30 bits per heavy atom. The van der Waals surface area contributed by atoms with E-state index in [1.807, 2.05) is 0 Å². The maximum absolute atomic E-state index is 12.6. The van der Waals surface area contributed by atoms with Crippen LogP contribution < -0.4 is 15.5 Å². The third-order valence-electron chi connectivity index (χ3n) is 4.81. The van der Waals surface area contributed by atoms with Gasteiger partial charge in [-0.05, 0) is 17.7 Å². The topological polar surface area (TPSA) is 130 Å². The molecular weight excluding hydrogens is 451 g/mol. The van der Waals surface area contributed by atoms with E-state index in [0.717, 1.165) is 27.8 Å². The molecule has 0 saturated carbocycles. The molecule has 1 aromatic carbocycles. The molecule has 2 heterocycles. The summed E-state index contributed by atoms with van der Waals surface area (Å²) >= 11 is 0. The van der Waals surface area contributed by atoms with Gasteiger partial charge in [-0.3, -0.25) is 14.4 Å². The van der Waals surface area contributed by atoms with Crippen LogP contribution in [0.4, 0.5) is 13.2 Å². The second kappa shape index (κ2) is 9.50. The number of benzene rings is 1. The monoisotopic (exact) mass is 471 g/mol. The van der Waals surface area contributed by atoms with Gasteiger partial charge in [0.15, 0.2) is 11.4 Å². The van der Waals surface area contributed by atoms with Gasteiger partial charge in [0.2, 0.25) is 5.43 Å². The van der Waals surface area contributed by atoms with Crippen LogP contribution in [0.2, 0.25) is 0 Å². The minimum atomic E-state index is -4.88. The molecule has 0 fully saturated rings. The number of pyridine rings is 1. The maximum atomic E-state index is 12.6. The van der Waals surface area contributed by atoms with Crippen molar-refractivity contribution in [1.82, 2.24) is 14.8 Å². The molecule has 1 aliphatic heterocycles. The number of carbonyl (C=O) groups is 2. The Balaban J connectivity index is 1.80. The van der Waals surface area contributed by atoms with Crippen LogP contribution in [0.15, 0.2) is 35.3 Å². The zero-order valence-electron chi connectivity index (χ0n) is 17.3. The quantitative estimate of drug-likeness (QED) is 0.545. The first-order valence-electron chi connectivity index (χ1n) is 9.59. The molecule has 1 unspecified atom stereocenters. The van der Waals surface area contributed by atoms with Crippen molar-refractivity contribution in [2.24, 2.45) is 0 Å². The van der Waals surface area contributed by atoms with E-state index >= 15 is 0 Å². The number of carbonyl (C=O) groups excluding carboxylic acids is 2. The van der Waals surface area contributed by atoms with Crippen LogP contribution in [0.1, 0.15) is 26.4 Å². The predicted octanol–water partition coefficient (Wildman–Crippen LogP) is 0.803. The summed E-state index contributed by atoms with van der Waals surface area (Å²) in [6.07, 6.45) is -5.13. The predicted molar refractivity (Wildman–Crippen MR) is 106 cm³/mol. The number of hydrogen-bond acceptors (Lipinski definition) is 7. The Hall–Kier alpha value is -3.58. The van der Waals surface area contributed by atoms with Crippen molar-refractivity contribution < 1.29 is 42.4 Å². The number of alkyl halides is 3. The molecular formula is C20H20F3N3O7. The fraction of sp³-hybridized carbons (Fsp3) is 0.350. The molecule has 13 heteroatoms. The van der Waals surface area contributed by atoms with Crippen molar-refractivity contribution in [2.75, 3.05) is 20.3 Å². The highest BCUT2D eigenvalue weighted by Gasteiger charge is 2.35. The number of rotatable bonds is 7. The fourth-order valence-electron chi connectivity index (χ4n) is 3.30. The van der Waals surface area contributed by atoms with Gasteiger partial charge in [0, 0.05) is 26.4 Å². The molecule has 2 amide bonds. The second-order valence-corrected chi connectivity index (χ2v) is 7.07. The number of aromatic nitrogens is 1. The van der Waals surface area contributed by atoms with Crippen molar-refractivity contribution in [1.29, 1.82) is 0 Å². The van der Waals surface area contributed by atoms with Crippen LogP contribution in [0.25, 0.3) is 0 Å². The van der Waals surface area contributed by atoms with Gasteiger partial charge in [0.05, 0.1) is 13.2 Å². The molecule has 1 aromatic heterocycles. The number of aliphatic hydroxyl groups is 1. The summed E-state index contributed by atoms with van der Waals surface area (Å²) in [6, 6.07) is 4.88. The standard InChI is InChI=1S/C20H20F3N3O7/c1-32-6-5-26-14(27)10-25-9-13(16(28)17(29)15(25)19(26)31)18(30)24-8-11-3-2-4-12(7-11)33-20(21,22)23/h2-4,7,9,14,27,29H,5-6,8,10H2,1H3,(H,24,30). The van der Waals surface area contributed by atoms with Crippen molar-refractivity contribution in [3.8, 4) is 11.5 Å². The Kier molecular flexibility index (Phi) is 6.93. The van der Waals surface area contributed by atoms with Crippen molar-refractivity contribution in [2.45, 2.75) is 25.7 Å². The number of amides is 2. The highest BCUT2D eigenvalue weighted by molar-refractivity contribution is 5.99. The van der Waals surface area contributed by atoms with E-state index in [9.17, 15) is 37.8 Å². The Labute approximate surface area is 184 Å². The smallest absolute Gasteiger partial charge is 0.503 e. The third kappa shape index (κ3) is 5.43. The second-order valence-electron chi connectivity index (χ2n) is 7.07. The van der Waals surface area contributed by atoms with Gasteiger partial charge in [-0.1, -0.05) is 12.1 Å². The average Bonchev–Trinajstić information content (AvgIpc) is 2.73. The third-order valence-corrected chi connectivity index (χ3v) is 4.81. The summed E-state index contributed by atoms with van der Waals surface area (Å²) < 4.78 is 46.9. The van der Waals surface area contributed by atoms with Crippen molar-refractivity contribution in [3.63, 3.8) is 0 Å². The van der Waals surface area contributed by atoms with E-state index in [4.69, 9.17) is 4.74 Å². The molecule has 1 aliphatic rings. The van der Waals surface area contributed by atoms with Gasteiger partial charge in [-0.2, -0.15) is 0 Å². The van der Waals surface area contributed by atoms with Gasteiger partial charge < -0.3 is 34.5 Å². The number of methoxy groups -OCH3 is 1. The van der Waals surface area contributed by atoms with E-state index in [0.29, 0.717) is 0 Å². The van der Waals surface area contributed by atoms with Gasteiger partial charge in [0.1, 0.15) is 17.5 Å². The van der Waals surface area contributed by atoms with Gasteiger partial charge in [-0.15, -0.1) is 13.2 Å². The summed E-state index contributed by atoms with van der Waals surface area (Å²) in [5.74, 6) is -3.18. The zero-order chi connectivity index (χ0) is 24.3. The van der Waals surface area contributed by atoms with Crippen LogP contribution in [-0.2, 0) is 17.8 Å². The number of nitrogens with one attached hydrogen (secondary N) is 1. The SMILES string of the molecule is COCCN1C(=O)c2c(O)c(=O)c(C(=O)NCc3cccc(OC(F)(F)F)c3)cn2CC1O. The van der Waals surface area contributed by atoms with Gasteiger partial charge in [-0.25, -0.2) is 0 Å². The van der Waals surface area contributed by atoms with E-state index in [1.54, 1.807) is 0 Å². The number of nitrogens with zero attached hydrogens (tertiary/aromatic N) is 2. The number of halogens is 3. The lowest BCUT2D eigenvalue weighted by molar-refractivity contribution is -0.274. The highest BCUT2D eigenvalue weighted by atomic mass is 19.4. The molecule has 0 spiro atoms. The first-order chi connectivity index (χ1) is 15.5. The fourth-order valence-corrected chi connectivity index (χ4v) is 3.30. The number of fused-ring (bicyclic) bond motifs is 1. The van der Waals surface area contributed by atoms with Crippen molar-refractivity contribution in [3.05, 3.63) is 57.5 Å². The molecule has 2 aromatic rings. The molecule has 178 valence electrons. The van der Waals surface area contributed by atoms with E-state index in [2.05, 4.69) is 10.1 Å². The normalized spacial score (nSPS) is 15.8. The number of hydrogen-bond donors (Lipinski definition) is 3. The molecule has 1 atom stereocenters. The summed E-state index contributed by atoms with van der Waals surface area (Å²) in [6.45, 7) is -0.328. The average molecular weight is 471 g/mol. The Morgan fingerprint density at radius 2 is 2.03 bits per heavy atom. The first kappa shape index (κ1) is 24.1. The summed E-state index contributed by atoms with van der Waals surface area (Å²) in [5.41, 5.74) is -1.74. The molecule has 0 bridgehead atoms. The highest BCUT2D eigenvalue weighted by Crippen LogP contribution is 2.24. The molecule has 33 heavy (non-hydrogen) atoms. The summed E-state index contributed by atoms with van der Waals surface area (Å²) in [7, 11) is 1.40. The maximum Gasteiger partial charge on any atom is 0.573 e. The van der Waals surface area contributed by atoms with Crippen molar-refractivity contribution >= 4 is 11.8 Å². The number of aliphatic hydroxyl groups excluding tert-OH is 1. The van der Waals surface area contributed by atoms with E-state index in [1.165, 1.54) is 19.2 Å². The largest absolute Gasteiger partial charge is 0.573 e. The minimum Gasteiger partial charge on any atom is -0.503 e. The molecule has 0 radical (unpaired) electrons. The Morgan fingerprint density at radius 3 is 2.70 bits per heavy atom. The van der Waals surface area contributed by atoms with Crippen LogP contribution in [0, 0.1) is 0 Å². The molecule has 10 nitrogen and oxygen atoms in total. The molecule has 3 N–H and O–H groups in total. The van der Waals surface area contributed by atoms with Crippen LogP contribution in [-0.4, -0.2) is 64.3 Å². The lowest BCUT2D eigenvalue weighted by Crippen LogP contribution is -2.50. The van der Waals surface area contributed by atoms with Crippen LogP contribution in [0.5, 0.6) is 11.5 Å². The number of ether oxygens (including phenoxy) is 2. The molecule has 3 rings (SSSR count). The lowest BCUT2D eigenvalue weighted by atomic mass is 10.1. The first-order valence-corrected chi connectivity index (χ1v) is 9.59. The Bertz CT molecular complexity index is 1120. The lowest BCUT2D eigenvalue weighted by Gasteiger charge is -2.34. The summed E-state index contributed by atoms with van der Waals surface area (Å²) in [4.78, 5) is 38.7. The van der Waals surface area contributed by atoms with E-state index < -0.39 is 46.9 Å². The van der Waals surface area contributed by atoms with Gasteiger partial charge >= 0.3 is 6.36 Å². The van der Waals surface area contributed by atoms with Crippen LogP contribution in [0.3, 0.4) is 0 Å². The van der Waals surface area contributed by atoms with E-state index in [-0.39, 0.29) is 37.5 Å². The molecule has 0 aliphatic carbocycles. The minimum absolute atomic E-state index is 0.0173. The summed E-state index contributed by atoms with van der Waals surface area (Å²) in [5, 5.41) is 22.9. The van der Waals surface area contributed by atoms with Gasteiger partial charge in [0.25, 0.3) is 11.8 Å². The van der Waals surface area contributed by atoms with Crippen LogP contribution >= 0.6 is 0 Å². The zero-order valence-corrected chi connectivity index (χ0v) is 17.3. The number of aromatic hydroxyl groups is 1.